The molecule has 1 aliphatic rings. The Bertz CT molecular complexity index is 368. The average molecular weight is 353 g/mol. The Hall–Kier alpha value is -1.48. The summed E-state index contributed by atoms with van der Waals surface area (Å²) in [5, 5.41) is 3.33. The molecular weight excluding hydrogens is 308 g/mol. The van der Waals surface area contributed by atoms with Gasteiger partial charge in [0.15, 0.2) is 0 Å². The number of nitrogens with one attached hydrogen (secondary N) is 1. The third kappa shape index (κ3) is 18.7. The van der Waals surface area contributed by atoms with Crippen LogP contribution >= 0.6 is 0 Å². The molecule has 0 saturated carbocycles. The van der Waals surface area contributed by atoms with E-state index in [-0.39, 0.29) is 0 Å². The molecule has 0 aromatic rings. The highest BCUT2D eigenvalue weighted by molar-refractivity contribution is 5.20. The van der Waals surface area contributed by atoms with Gasteiger partial charge in [-0.25, -0.2) is 0 Å². The van der Waals surface area contributed by atoms with Crippen LogP contribution in [0.5, 0.6) is 0 Å². The van der Waals surface area contributed by atoms with E-state index in [1.807, 2.05) is 66.7 Å². The van der Waals surface area contributed by atoms with Crippen LogP contribution in [0.2, 0.25) is 0 Å². The van der Waals surface area contributed by atoms with Gasteiger partial charge in [0.2, 0.25) is 0 Å². The SMILES string of the molecule is C=C(C)N1C/C=C/C=C(OCCNC(C)C)\C=C\C1.CC.CC.CC. The van der Waals surface area contributed by atoms with Crippen molar-refractivity contribution >= 4 is 0 Å². The quantitative estimate of drug-likeness (QED) is 0.600. The summed E-state index contributed by atoms with van der Waals surface area (Å²) in [6.45, 7) is 25.6. The minimum Gasteiger partial charge on any atom is -0.492 e. The normalized spacial score (nSPS) is 17.4. The van der Waals surface area contributed by atoms with E-state index in [0.717, 1.165) is 31.1 Å². The maximum Gasteiger partial charge on any atom is 0.119 e. The molecule has 0 amide bonds. The second kappa shape index (κ2) is 22.5. The molecule has 0 saturated heterocycles. The third-order valence-corrected chi connectivity index (χ3v) is 2.79. The van der Waals surface area contributed by atoms with E-state index in [4.69, 9.17) is 4.74 Å². The highest BCUT2D eigenvalue weighted by atomic mass is 16.5. The van der Waals surface area contributed by atoms with Gasteiger partial charge in [-0.05, 0) is 19.1 Å². The lowest BCUT2D eigenvalue weighted by molar-refractivity contribution is 0.222. The third-order valence-electron chi connectivity index (χ3n) is 2.79. The largest absolute Gasteiger partial charge is 0.492 e. The first-order valence-corrected chi connectivity index (χ1v) is 9.89. The molecule has 0 radical (unpaired) electrons. The summed E-state index contributed by atoms with van der Waals surface area (Å²) in [4.78, 5) is 2.21. The lowest BCUT2D eigenvalue weighted by Crippen LogP contribution is -2.26. The highest BCUT2D eigenvalue weighted by Gasteiger charge is 2.01. The summed E-state index contributed by atoms with van der Waals surface area (Å²) >= 11 is 0. The zero-order valence-electron chi connectivity index (χ0n) is 18.4. The fourth-order valence-corrected chi connectivity index (χ4v) is 1.70. The fraction of sp³-hybridized carbons (Fsp3) is 0.636. The molecular formula is C22H44N2O. The van der Waals surface area contributed by atoms with E-state index in [1.165, 1.54) is 0 Å². The number of nitrogens with zero attached hydrogens (tertiary/aromatic N) is 1. The zero-order chi connectivity index (χ0) is 20.1. The molecule has 25 heavy (non-hydrogen) atoms. The van der Waals surface area contributed by atoms with Crippen LogP contribution in [0.1, 0.15) is 62.3 Å². The molecule has 3 heteroatoms. The molecule has 148 valence electrons. The lowest BCUT2D eigenvalue weighted by atomic mass is 10.3. The second-order valence-electron chi connectivity index (χ2n) is 5.00. The second-order valence-corrected chi connectivity index (χ2v) is 5.00. The number of hydrogen-bond donors (Lipinski definition) is 1. The minimum atomic E-state index is 0.498. The van der Waals surface area contributed by atoms with Gasteiger partial charge in [-0.2, -0.15) is 0 Å². The zero-order valence-corrected chi connectivity index (χ0v) is 18.4. The molecule has 1 aliphatic heterocycles. The number of rotatable bonds is 6. The summed E-state index contributed by atoms with van der Waals surface area (Å²) in [5.41, 5.74) is 1.08. The van der Waals surface area contributed by atoms with Crippen molar-refractivity contribution in [2.24, 2.45) is 0 Å². The molecule has 0 unspecified atom stereocenters. The molecule has 1 rings (SSSR count). The monoisotopic (exact) mass is 352 g/mol. The Morgan fingerprint density at radius 1 is 1.12 bits per heavy atom. The van der Waals surface area contributed by atoms with Gasteiger partial charge >= 0.3 is 0 Å². The van der Waals surface area contributed by atoms with Crippen molar-refractivity contribution in [1.82, 2.24) is 10.2 Å². The Kier molecular flexibility index (Phi) is 25.5. The van der Waals surface area contributed by atoms with Crippen LogP contribution in [-0.2, 0) is 4.74 Å². The van der Waals surface area contributed by atoms with Gasteiger partial charge in [0.25, 0.3) is 0 Å². The summed E-state index contributed by atoms with van der Waals surface area (Å²) in [6, 6.07) is 0.498. The first-order chi connectivity index (χ1) is 12.1. The first kappa shape index (κ1) is 28.3. The van der Waals surface area contributed by atoms with Crippen LogP contribution in [0.3, 0.4) is 0 Å². The van der Waals surface area contributed by atoms with Crippen molar-refractivity contribution in [2.75, 3.05) is 26.2 Å². The smallest absolute Gasteiger partial charge is 0.119 e. The average Bonchev–Trinajstić information content (AvgIpc) is 2.76. The first-order valence-electron chi connectivity index (χ1n) is 9.89. The van der Waals surface area contributed by atoms with Gasteiger partial charge < -0.3 is 15.0 Å². The maximum atomic E-state index is 5.74. The van der Waals surface area contributed by atoms with Gasteiger partial charge in [0, 0.05) is 31.4 Å². The molecule has 0 fully saturated rings. The van der Waals surface area contributed by atoms with Crippen LogP contribution in [-0.4, -0.2) is 37.2 Å². The number of hydrogen-bond acceptors (Lipinski definition) is 3. The molecule has 0 atom stereocenters. The van der Waals surface area contributed by atoms with Crippen LogP contribution in [0, 0.1) is 0 Å². The molecule has 3 nitrogen and oxygen atoms in total. The van der Waals surface area contributed by atoms with E-state index in [1.54, 1.807) is 0 Å². The van der Waals surface area contributed by atoms with E-state index < -0.39 is 0 Å². The molecule has 0 aliphatic carbocycles. The van der Waals surface area contributed by atoms with Crippen molar-refractivity contribution in [2.45, 2.75) is 68.4 Å². The molecule has 0 aromatic carbocycles. The maximum absolute atomic E-state index is 5.74. The van der Waals surface area contributed by atoms with Crippen molar-refractivity contribution in [3.05, 3.63) is 48.4 Å². The summed E-state index contributed by atoms with van der Waals surface area (Å²) < 4.78 is 5.74. The number of ether oxygens (including phenoxy) is 1. The molecule has 1 heterocycles. The van der Waals surface area contributed by atoms with Gasteiger partial charge in [-0.15, -0.1) is 0 Å². The standard InChI is InChI=1S/C16H26N2O.3C2H6/c1-14(2)17-10-13-19-16-8-5-6-11-18(15(3)4)12-7-9-16;3*1-2/h5-9,14,17H,3,10-13H2,1-2,4H3;3*1-2H3/b6-5+,9-7+,16-8+;;;. The molecule has 0 aromatic heterocycles. The summed E-state index contributed by atoms with van der Waals surface area (Å²) in [6.07, 6.45) is 10.3. The molecule has 0 bridgehead atoms. The van der Waals surface area contributed by atoms with E-state index in [2.05, 4.69) is 42.8 Å². The Morgan fingerprint density at radius 3 is 2.20 bits per heavy atom. The topological polar surface area (TPSA) is 24.5 Å². The van der Waals surface area contributed by atoms with Crippen molar-refractivity contribution in [1.29, 1.82) is 0 Å². The Balaban J connectivity index is -0.000000725. The van der Waals surface area contributed by atoms with Crippen molar-refractivity contribution < 1.29 is 4.74 Å². The van der Waals surface area contributed by atoms with E-state index in [9.17, 15) is 0 Å². The Morgan fingerprint density at radius 2 is 1.68 bits per heavy atom. The van der Waals surface area contributed by atoms with Gasteiger partial charge in [-0.3, -0.25) is 0 Å². The fourth-order valence-electron chi connectivity index (χ4n) is 1.70. The van der Waals surface area contributed by atoms with Crippen LogP contribution in [0.15, 0.2) is 48.4 Å². The molecule has 1 N–H and O–H groups in total. The molecule has 0 spiro atoms. The van der Waals surface area contributed by atoms with Crippen LogP contribution in [0.25, 0.3) is 0 Å². The lowest BCUT2D eigenvalue weighted by Gasteiger charge is -2.20. The highest BCUT2D eigenvalue weighted by Crippen LogP contribution is 2.06. The van der Waals surface area contributed by atoms with Crippen LogP contribution in [0.4, 0.5) is 0 Å². The van der Waals surface area contributed by atoms with Gasteiger partial charge in [0.1, 0.15) is 12.4 Å². The van der Waals surface area contributed by atoms with E-state index >= 15 is 0 Å². The minimum absolute atomic E-state index is 0.498. The van der Waals surface area contributed by atoms with Crippen molar-refractivity contribution in [3.8, 4) is 0 Å². The van der Waals surface area contributed by atoms with E-state index in [0.29, 0.717) is 12.6 Å². The predicted octanol–water partition coefficient (Wildman–Crippen LogP) is 5.93. The van der Waals surface area contributed by atoms with Crippen molar-refractivity contribution in [3.63, 3.8) is 0 Å². The summed E-state index contributed by atoms with van der Waals surface area (Å²) in [5.74, 6) is 0.908. The number of allylic oxidation sites excluding steroid dienone is 4. The Labute approximate surface area is 158 Å². The summed E-state index contributed by atoms with van der Waals surface area (Å²) in [7, 11) is 0. The predicted molar refractivity (Wildman–Crippen MR) is 116 cm³/mol. The van der Waals surface area contributed by atoms with Gasteiger partial charge in [-0.1, -0.05) is 80.2 Å². The van der Waals surface area contributed by atoms with Gasteiger partial charge in [0.05, 0.1) is 0 Å². The van der Waals surface area contributed by atoms with Crippen LogP contribution < -0.4 is 5.32 Å².